The summed E-state index contributed by atoms with van der Waals surface area (Å²) in [6.07, 6.45) is 7.83. The first kappa shape index (κ1) is 75.2. The van der Waals surface area contributed by atoms with E-state index in [0.717, 1.165) is 59.8 Å². The maximum atomic E-state index is 11.2. The third-order valence-corrected chi connectivity index (χ3v) is 16.0. The van der Waals surface area contributed by atoms with Crippen LogP contribution in [0.4, 0.5) is 0 Å². The molecule has 0 atom stereocenters. The summed E-state index contributed by atoms with van der Waals surface area (Å²) in [6.45, 7) is 65.2. The normalized spacial score (nSPS) is 13.4. The van der Waals surface area contributed by atoms with E-state index >= 15 is 0 Å². The molecule has 2 N–H and O–H groups in total. The summed E-state index contributed by atoms with van der Waals surface area (Å²) in [5, 5.41) is 0. The highest BCUT2D eigenvalue weighted by atomic mass is 32.2. The van der Waals surface area contributed by atoms with E-state index in [1.807, 2.05) is 0 Å². The molecular weight excluding hydrogens is 1060 g/mol. The van der Waals surface area contributed by atoms with Gasteiger partial charge >= 0.3 is 8.60 Å². The van der Waals surface area contributed by atoms with E-state index in [9.17, 15) is 16.8 Å². The molecule has 0 saturated carbocycles. The molecule has 0 aliphatic rings. The standard InChI is InChI=1S/2C24H51N.C18H15O9PS2/c2*1-19(2)13-22(7,8)16-25(17-23(9,10)14-20(3)4)18-24(11,12)15-21(5)6;19-29(20,21)17-10-6-15(7-11-17)26-28(25-14-4-2-1-3-5-14)27-16-8-12-18(13-9-16)30(22,23)24/h2*19-21H,13-18H2,1-12H3;1-13H,(H,19,20,21)(H,22,23,24). The average molecular weight is 1180 g/mol. The Morgan fingerprint density at radius 3 is 0.713 bits per heavy atom. The first-order valence-corrected chi connectivity index (χ1v) is 33.6. The summed E-state index contributed by atoms with van der Waals surface area (Å²) >= 11 is 0. The Hall–Kier alpha value is -2.77. The van der Waals surface area contributed by atoms with E-state index in [2.05, 4.69) is 176 Å². The van der Waals surface area contributed by atoms with Crippen LogP contribution in [-0.2, 0) is 20.2 Å². The van der Waals surface area contributed by atoms with Crippen LogP contribution in [0.5, 0.6) is 17.2 Å². The quantitative estimate of drug-likeness (QED) is 0.0455. The van der Waals surface area contributed by atoms with Gasteiger partial charge in [0.05, 0.1) is 9.79 Å². The summed E-state index contributed by atoms with van der Waals surface area (Å²) in [4.78, 5) is 5.00. The fraction of sp³-hybridized carbons (Fsp3) is 0.727. The molecule has 3 aromatic rings. The summed E-state index contributed by atoms with van der Waals surface area (Å²) in [6, 6.07) is 18.5. The minimum Gasteiger partial charge on any atom is -0.409 e. The number of hydrogen-bond acceptors (Lipinski definition) is 9. The van der Waals surface area contributed by atoms with Crippen molar-refractivity contribution >= 4 is 28.8 Å². The topological polar surface area (TPSA) is 143 Å². The predicted octanol–water partition coefficient (Wildman–Crippen LogP) is 19.0. The molecule has 3 rings (SSSR count). The Morgan fingerprint density at radius 2 is 0.537 bits per heavy atom. The summed E-state index contributed by atoms with van der Waals surface area (Å²) in [7, 11) is -10.8. The second-order valence-electron chi connectivity index (χ2n) is 30.6. The zero-order chi connectivity index (χ0) is 61.9. The lowest BCUT2D eigenvalue weighted by atomic mass is 9.78. The molecule has 3 aromatic carbocycles. The lowest BCUT2D eigenvalue weighted by molar-refractivity contribution is 0.0627. The van der Waals surface area contributed by atoms with Crippen molar-refractivity contribution in [3.63, 3.8) is 0 Å². The molecule has 0 saturated heterocycles. The third-order valence-electron chi connectivity index (χ3n) is 13.2. The van der Waals surface area contributed by atoms with Crippen LogP contribution in [0.25, 0.3) is 0 Å². The van der Waals surface area contributed by atoms with E-state index in [1.54, 1.807) is 30.3 Å². The molecule has 0 radical (unpaired) electrons. The first-order chi connectivity index (χ1) is 36.2. The van der Waals surface area contributed by atoms with Crippen LogP contribution in [0, 0.1) is 68.0 Å². The van der Waals surface area contributed by atoms with Gasteiger partial charge in [-0.05, 0) is 167 Å². The molecule has 0 aliphatic heterocycles. The van der Waals surface area contributed by atoms with Crippen LogP contribution in [0.3, 0.4) is 0 Å². The van der Waals surface area contributed by atoms with Crippen molar-refractivity contribution in [1.29, 1.82) is 0 Å². The first-order valence-electron chi connectivity index (χ1n) is 29.7. The van der Waals surface area contributed by atoms with Crippen LogP contribution in [-0.4, -0.2) is 75.0 Å². The highest BCUT2D eigenvalue weighted by Crippen LogP contribution is 2.43. The van der Waals surface area contributed by atoms with E-state index in [1.165, 1.54) is 102 Å². The molecule has 0 amide bonds. The molecule has 0 fully saturated rings. The maximum absolute atomic E-state index is 11.2. The van der Waals surface area contributed by atoms with Crippen molar-refractivity contribution in [2.24, 2.45) is 68.0 Å². The summed E-state index contributed by atoms with van der Waals surface area (Å²) in [5.41, 5.74) is 2.31. The van der Waals surface area contributed by atoms with Gasteiger partial charge in [0.1, 0.15) is 17.2 Å². The lowest BCUT2D eigenvalue weighted by Gasteiger charge is -2.43. The van der Waals surface area contributed by atoms with E-state index in [-0.39, 0.29) is 21.3 Å². The lowest BCUT2D eigenvalue weighted by Crippen LogP contribution is -2.45. The largest absolute Gasteiger partial charge is 0.530 e. The Kier molecular flexibility index (Phi) is 30.6. The molecular formula is C66H117N2O9PS2. The van der Waals surface area contributed by atoms with Gasteiger partial charge in [-0.15, -0.1) is 0 Å². The van der Waals surface area contributed by atoms with Crippen molar-refractivity contribution in [3.05, 3.63) is 78.9 Å². The van der Waals surface area contributed by atoms with Crippen LogP contribution >= 0.6 is 8.60 Å². The number of rotatable bonds is 32. The smallest absolute Gasteiger partial charge is 0.409 e. The fourth-order valence-electron chi connectivity index (χ4n) is 13.1. The third kappa shape index (κ3) is 34.7. The second kappa shape index (κ2) is 32.5. The van der Waals surface area contributed by atoms with E-state index in [4.69, 9.17) is 22.7 Å². The van der Waals surface area contributed by atoms with Gasteiger partial charge in [0.2, 0.25) is 0 Å². The number of nitrogens with zero attached hydrogens (tertiary/aromatic N) is 2. The molecule has 0 spiro atoms. The van der Waals surface area contributed by atoms with Gasteiger partial charge in [-0.2, -0.15) is 16.8 Å². The number of benzene rings is 3. The Bertz CT molecular complexity index is 2150. The minimum atomic E-state index is -4.34. The summed E-state index contributed by atoms with van der Waals surface area (Å²) in [5.74, 6) is 5.46. The van der Waals surface area contributed by atoms with Gasteiger partial charge in [-0.3, -0.25) is 9.11 Å². The van der Waals surface area contributed by atoms with E-state index < -0.39 is 28.8 Å². The second-order valence-corrected chi connectivity index (χ2v) is 34.4. The van der Waals surface area contributed by atoms with E-state index in [0.29, 0.717) is 38.2 Å². The molecule has 0 aromatic heterocycles. The fourth-order valence-corrected chi connectivity index (χ4v) is 15.1. The molecule has 80 heavy (non-hydrogen) atoms. The van der Waals surface area contributed by atoms with Crippen molar-refractivity contribution < 1.29 is 39.5 Å². The molecule has 0 unspecified atom stereocenters. The van der Waals surface area contributed by atoms with Gasteiger partial charge in [-0.1, -0.05) is 184 Å². The van der Waals surface area contributed by atoms with Gasteiger partial charge < -0.3 is 23.4 Å². The van der Waals surface area contributed by atoms with Crippen LogP contribution < -0.4 is 13.6 Å². The molecule has 0 aliphatic carbocycles. The van der Waals surface area contributed by atoms with Crippen molar-refractivity contribution in [2.45, 2.75) is 214 Å². The van der Waals surface area contributed by atoms with Crippen molar-refractivity contribution in [3.8, 4) is 17.2 Å². The predicted molar refractivity (Wildman–Crippen MR) is 340 cm³/mol. The van der Waals surface area contributed by atoms with Crippen molar-refractivity contribution in [2.75, 3.05) is 39.3 Å². The SMILES string of the molecule is CC(C)CC(C)(C)CN(CC(C)(C)CC(C)C)CC(C)(C)CC(C)C.CC(C)CC(C)(C)CN(CC(C)(C)CC(C)C)CC(C)(C)CC(C)C.O=S(=O)(O)c1ccc(OP(Oc2ccccc2)Oc2ccc(S(=O)(=O)O)cc2)cc1. The highest BCUT2D eigenvalue weighted by molar-refractivity contribution is 7.86. The number of hydrogen-bond donors (Lipinski definition) is 2. The molecule has 11 nitrogen and oxygen atoms in total. The van der Waals surface area contributed by atoms with Crippen LogP contribution in [0.2, 0.25) is 0 Å². The van der Waals surface area contributed by atoms with Gasteiger partial charge in [0.25, 0.3) is 20.2 Å². The van der Waals surface area contributed by atoms with Gasteiger partial charge in [0.15, 0.2) is 0 Å². The van der Waals surface area contributed by atoms with Crippen LogP contribution in [0.1, 0.15) is 205 Å². The number of para-hydroxylation sites is 1. The zero-order valence-electron chi connectivity index (χ0n) is 54.9. The highest BCUT2D eigenvalue weighted by Gasteiger charge is 2.34. The van der Waals surface area contributed by atoms with Crippen molar-refractivity contribution in [1.82, 2.24) is 9.80 Å². The van der Waals surface area contributed by atoms with Gasteiger partial charge in [-0.25, -0.2) is 0 Å². The van der Waals surface area contributed by atoms with Gasteiger partial charge in [0, 0.05) is 39.3 Å². The monoisotopic (exact) mass is 1180 g/mol. The molecule has 462 valence electrons. The molecule has 0 bridgehead atoms. The minimum absolute atomic E-state index is 0.207. The molecule has 14 heteroatoms. The average Bonchev–Trinajstić information content (AvgIpc) is 3.20. The van der Waals surface area contributed by atoms with Crippen LogP contribution in [0.15, 0.2) is 88.7 Å². The maximum Gasteiger partial charge on any atom is 0.530 e. The Balaban J connectivity index is 0.000000605. The Morgan fingerprint density at radius 1 is 0.350 bits per heavy atom. The summed E-state index contributed by atoms with van der Waals surface area (Å²) < 4.78 is 79.8. The molecule has 0 heterocycles. The zero-order valence-corrected chi connectivity index (χ0v) is 57.4. The Labute approximate surface area is 493 Å².